The predicted octanol–water partition coefficient (Wildman–Crippen LogP) is 4.28. The lowest BCUT2D eigenvalue weighted by atomic mass is 9.97. The van der Waals surface area contributed by atoms with Gasteiger partial charge in [0.2, 0.25) is 0 Å². The lowest BCUT2D eigenvalue weighted by Gasteiger charge is -2.37. The molecule has 0 saturated carbocycles. The highest BCUT2D eigenvalue weighted by molar-refractivity contribution is 7.80. The molecular formula is C18H18FN3O3S. The van der Waals surface area contributed by atoms with Gasteiger partial charge in [0, 0.05) is 17.8 Å². The molecule has 0 aliphatic carbocycles. The zero-order chi connectivity index (χ0) is 18.8. The minimum absolute atomic E-state index is 0.0644. The molecule has 0 saturated heterocycles. The number of aryl methyl sites for hydroxylation is 1. The van der Waals surface area contributed by atoms with E-state index in [4.69, 9.17) is 17.0 Å². The predicted molar refractivity (Wildman–Crippen MR) is 103 cm³/mol. The number of rotatable bonds is 3. The quantitative estimate of drug-likeness (QED) is 0.491. The van der Waals surface area contributed by atoms with Gasteiger partial charge in [-0.25, -0.2) is 4.39 Å². The van der Waals surface area contributed by atoms with Crippen LogP contribution in [0.2, 0.25) is 0 Å². The summed E-state index contributed by atoms with van der Waals surface area (Å²) in [5, 5.41) is 14.4. The third kappa shape index (κ3) is 3.45. The Hall–Kier alpha value is -2.74. The molecule has 0 fully saturated rings. The highest BCUT2D eigenvalue weighted by atomic mass is 32.1. The van der Waals surface area contributed by atoms with E-state index in [2.05, 4.69) is 5.32 Å². The number of ether oxygens (including phenoxy) is 1. The van der Waals surface area contributed by atoms with Crippen molar-refractivity contribution in [2.75, 3.05) is 17.3 Å². The van der Waals surface area contributed by atoms with Crippen molar-refractivity contribution in [1.29, 1.82) is 0 Å². The molecule has 1 aliphatic heterocycles. The van der Waals surface area contributed by atoms with Gasteiger partial charge < -0.3 is 15.0 Å². The summed E-state index contributed by atoms with van der Waals surface area (Å²) in [5.41, 5.74) is 2.24. The minimum atomic E-state index is -0.484. The van der Waals surface area contributed by atoms with Gasteiger partial charge >= 0.3 is 0 Å². The second-order valence-electron chi connectivity index (χ2n) is 6.10. The van der Waals surface area contributed by atoms with Crippen molar-refractivity contribution in [3.8, 4) is 5.75 Å². The number of fused-ring (bicyclic) bond motifs is 1. The zero-order valence-corrected chi connectivity index (χ0v) is 15.2. The highest BCUT2D eigenvalue weighted by Crippen LogP contribution is 2.34. The molecule has 2 aromatic rings. The number of nitrogens with zero attached hydrogens (tertiary/aromatic N) is 2. The number of nitro benzene ring substituents is 1. The van der Waals surface area contributed by atoms with Crippen LogP contribution in [0.1, 0.15) is 18.9 Å². The molecule has 1 N–H and O–H groups in total. The molecule has 1 heterocycles. The van der Waals surface area contributed by atoms with Crippen LogP contribution in [0.4, 0.5) is 21.5 Å². The van der Waals surface area contributed by atoms with Crippen LogP contribution in [0.15, 0.2) is 36.4 Å². The van der Waals surface area contributed by atoms with Crippen molar-refractivity contribution >= 4 is 34.4 Å². The van der Waals surface area contributed by atoms with Gasteiger partial charge in [0.25, 0.3) is 5.69 Å². The van der Waals surface area contributed by atoms with Gasteiger partial charge in [-0.3, -0.25) is 10.1 Å². The van der Waals surface area contributed by atoms with E-state index in [0.717, 1.165) is 24.1 Å². The van der Waals surface area contributed by atoms with Crippen molar-refractivity contribution in [2.45, 2.75) is 25.8 Å². The number of non-ortho nitro benzene ring substituents is 1. The van der Waals surface area contributed by atoms with E-state index in [-0.39, 0.29) is 17.5 Å². The fourth-order valence-corrected chi connectivity index (χ4v) is 3.49. The Bertz CT molecular complexity index is 875. The van der Waals surface area contributed by atoms with Crippen molar-refractivity contribution in [3.63, 3.8) is 0 Å². The first-order chi connectivity index (χ1) is 12.4. The van der Waals surface area contributed by atoms with Gasteiger partial charge in [-0.1, -0.05) is 0 Å². The molecule has 136 valence electrons. The summed E-state index contributed by atoms with van der Waals surface area (Å²) in [6, 6.07) is 9.09. The lowest BCUT2D eigenvalue weighted by molar-refractivity contribution is -0.384. The molecular weight excluding hydrogens is 357 g/mol. The first kappa shape index (κ1) is 18.1. The normalized spacial score (nSPS) is 16.0. The SMILES string of the molecule is COc1cc([N+](=O)[O-])ccc1NC(=S)N1c2ccc(F)cc2CCC1C. The van der Waals surface area contributed by atoms with E-state index >= 15 is 0 Å². The Balaban J connectivity index is 1.90. The largest absolute Gasteiger partial charge is 0.494 e. The monoisotopic (exact) mass is 375 g/mol. The number of nitrogens with one attached hydrogen (secondary N) is 1. The lowest BCUT2D eigenvalue weighted by Crippen LogP contribution is -2.44. The maximum absolute atomic E-state index is 13.5. The van der Waals surface area contributed by atoms with E-state index in [1.54, 1.807) is 12.1 Å². The average Bonchev–Trinajstić information content (AvgIpc) is 2.61. The maximum atomic E-state index is 13.5. The summed E-state index contributed by atoms with van der Waals surface area (Å²) >= 11 is 5.57. The molecule has 2 aromatic carbocycles. The molecule has 26 heavy (non-hydrogen) atoms. The standard InChI is InChI=1S/C18H18FN3O3S/c1-11-3-4-12-9-13(19)5-8-16(12)21(11)18(26)20-15-7-6-14(22(23)24)10-17(15)25-2/h5-11H,3-4H2,1-2H3,(H,20,26). The van der Waals surface area contributed by atoms with Crippen LogP contribution >= 0.6 is 12.2 Å². The van der Waals surface area contributed by atoms with E-state index in [1.165, 1.54) is 31.4 Å². The van der Waals surface area contributed by atoms with Gasteiger partial charge in [-0.15, -0.1) is 0 Å². The number of methoxy groups -OCH3 is 1. The number of hydrogen-bond donors (Lipinski definition) is 1. The number of nitro groups is 1. The topological polar surface area (TPSA) is 67.6 Å². The van der Waals surface area contributed by atoms with Gasteiger partial charge in [0.05, 0.1) is 23.8 Å². The third-order valence-corrected chi connectivity index (χ3v) is 4.73. The second-order valence-corrected chi connectivity index (χ2v) is 6.49. The van der Waals surface area contributed by atoms with E-state index in [9.17, 15) is 14.5 Å². The number of anilines is 2. The Kier molecular flexibility index (Phi) is 5.03. The number of benzene rings is 2. The minimum Gasteiger partial charge on any atom is -0.494 e. The van der Waals surface area contributed by atoms with Crippen LogP contribution in [0.5, 0.6) is 5.75 Å². The van der Waals surface area contributed by atoms with E-state index in [0.29, 0.717) is 16.5 Å². The van der Waals surface area contributed by atoms with Gasteiger partial charge in [-0.2, -0.15) is 0 Å². The van der Waals surface area contributed by atoms with Crippen molar-refractivity contribution in [3.05, 3.63) is 57.9 Å². The van der Waals surface area contributed by atoms with Crippen molar-refractivity contribution in [1.82, 2.24) is 0 Å². The van der Waals surface area contributed by atoms with Crippen molar-refractivity contribution in [2.24, 2.45) is 0 Å². The van der Waals surface area contributed by atoms with Crippen LogP contribution < -0.4 is 15.0 Å². The molecule has 1 aliphatic rings. The fourth-order valence-electron chi connectivity index (χ4n) is 3.10. The Morgan fingerprint density at radius 2 is 2.15 bits per heavy atom. The van der Waals surface area contributed by atoms with Gasteiger partial charge in [-0.05, 0) is 61.8 Å². The van der Waals surface area contributed by atoms with Crippen LogP contribution in [0.25, 0.3) is 0 Å². The molecule has 0 radical (unpaired) electrons. The molecule has 1 atom stereocenters. The van der Waals surface area contributed by atoms with E-state index < -0.39 is 4.92 Å². The summed E-state index contributed by atoms with van der Waals surface area (Å²) < 4.78 is 18.8. The zero-order valence-electron chi connectivity index (χ0n) is 14.4. The smallest absolute Gasteiger partial charge is 0.273 e. The van der Waals surface area contributed by atoms with Crippen LogP contribution in [0.3, 0.4) is 0 Å². The second kappa shape index (κ2) is 7.25. The molecule has 0 amide bonds. The van der Waals surface area contributed by atoms with Crippen LogP contribution in [-0.4, -0.2) is 23.2 Å². The molecule has 3 rings (SSSR count). The van der Waals surface area contributed by atoms with E-state index in [1.807, 2.05) is 11.8 Å². The molecule has 0 bridgehead atoms. The van der Waals surface area contributed by atoms with Crippen molar-refractivity contribution < 1.29 is 14.1 Å². The molecule has 0 spiro atoms. The summed E-state index contributed by atoms with van der Waals surface area (Å²) in [5.74, 6) is 0.0553. The molecule has 6 nitrogen and oxygen atoms in total. The van der Waals surface area contributed by atoms with Crippen LogP contribution in [0, 0.1) is 15.9 Å². The maximum Gasteiger partial charge on any atom is 0.273 e. The Morgan fingerprint density at radius 3 is 2.85 bits per heavy atom. The average molecular weight is 375 g/mol. The number of thiocarbonyl (C=S) groups is 1. The Labute approximate surface area is 155 Å². The third-order valence-electron chi connectivity index (χ3n) is 4.43. The van der Waals surface area contributed by atoms with Gasteiger partial charge in [0.1, 0.15) is 11.6 Å². The summed E-state index contributed by atoms with van der Waals surface area (Å²) in [4.78, 5) is 12.4. The van der Waals surface area contributed by atoms with Gasteiger partial charge in [0.15, 0.2) is 5.11 Å². The first-order valence-corrected chi connectivity index (χ1v) is 8.52. The summed E-state index contributed by atoms with van der Waals surface area (Å²) in [6.07, 6.45) is 1.63. The van der Waals surface area contributed by atoms with Crippen LogP contribution in [-0.2, 0) is 6.42 Å². The number of halogens is 1. The fraction of sp³-hybridized carbons (Fsp3) is 0.278. The highest BCUT2D eigenvalue weighted by Gasteiger charge is 2.27. The molecule has 0 aromatic heterocycles. The molecule has 8 heteroatoms. The first-order valence-electron chi connectivity index (χ1n) is 8.11. The summed E-state index contributed by atoms with van der Waals surface area (Å²) in [6.45, 7) is 2.05. The Morgan fingerprint density at radius 1 is 1.38 bits per heavy atom. The molecule has 1 unspecified atom stereocenters. The summed E-state index contributed by atoms with van der Waals surface area (Å²) in [7, 11) is 1.44. The number of hydrogen-bond acceptors (Lipinski definition) is 4.